The van der Waals surface area contributed by atoms with Crippen LogP contribution in [0.5, 0.6) is 0 Å². The minimum atomic E-state index is -3.38. The normalized spacial score (nSPS) is 15.8. The molecule has 1 saturated carbocycles. The van der Waals surface area contributed by atoms with Crippen molar-refractivity contribution >= 4 is 15.7 Å². The summed E-state index contributed by atoms with van der Waals surface area (Å²) in [4.78, 5) is 0.348. The number of nitrogens with one attached hydrogen (secondary N) is 2. The summed E-state index contributed by atoms with van der Waals surface area (Å²) in [5.74, 6) is 0. The molecule has 0 spiro atoms. The Morgan fingerprint density at radius 3 is 2.65 bits per heavy atom. The van der Waals surface area contributed by atoms with Gasteiger partial charge in [0.05, 0.1) is 5.69 Å². The SMILES string of the molecule is CCCNS(=O)(=O)c1ccccc1NC1CC1. The first kappa shape index (κ1) is 12.4. The molecule has 0 heterocycles. The second-order valence-electron chi connectivity index (χ2n) is 4.31. The van der Waals surface area contributed by atoms with Crippen molar-refractivity contribution in [1.29, 1.82) is 0 Å². The van der Waals surface area contributed by atoms with E-state index in [1.165, 1.54) is 0 Å². The first-order valence-electron chi connectivity index (χ1n) is 5.98. The fraction of sp³-hybridized carbons (Fsp3) is 0.500. The van der Waals surface area contributed by atoms with Crippen molar-refractivity contribution in [3.8, 4) is 0 Å². The molecule has 2 N–H and O–H groups in total. The van der Waals surface area contributed by atoms with Crippen LogP contribution in [0.15, 0.2) is 29.2 Å². The highest BCUT2D eigenvalue weighted by atomic mass is 32.2. The van der Waals surface area contributed by atoms with E-state index in [1.54, 1.807) is 12.1 Å². The van der Waals surface area contributed by atoms with Crippen molar-refractivity contribution < 1.29 is 8.42 Å². The molecule has 1 aliphatic rings. The molecule has 0 amide bonds. The Labute approximate surface area is 102 Å². The lowest BCUT2D eigenvalue weighted by atomic mass is 10.3. The zero-order valence-corrected chi connectivity index (χ0v) is 10.8. The van der Waals surface area contributed by atoms with Gasteiger partial charge in [-0.2, -0.15) is 0 Å². The molecule has 5 heteroatoms. The van der Waals surface area contributed by atoms with E-state index in [9.17, 15) is 8.42 Å². The van der Waals surface area contributed by atoms with Gasteiger partial charge in [-0.3, -0.25) is 0 Å². The third-order valence-corrected chi connectivity index (χ3v) is 4.17. The molecule has 0 aliphatic heterocycles. The van der Waals surface area contributed by atoms with Gasteiger partial charge in [0.1, 0.15) is 4.90 Å². The number of sulfonamides is 1. The third kappa shape index (κ3) is 3.20. The van der Waals surface area contributed by atoms with E-state index in [4.69, 9.17) is 0 Å². The van der Waals surface area contributed by atoms with Crippen molar-refractivity contribution in [2.75, 3.05) is 11.9 Å². The average Bonchev–Trinajstić information content (AvgIpc) is 3.11. The van der Waals surface area contributed by atoms with Crippen molar-refractivity contribution in [3.05, 3.63) is 24.3 Å². The summed E-state index contributed by atoms with van der Waals surface area (Å²) in [7, 11) is -3.38. The van der Waals surface area contributed by atoms with Crippen molar-refractivity contribution in [3.63, 3.8) is 0 Å². The maximum absolute atomic E-state index is 12.1. The minimum Gasteiger partial charge on any atom is -0.381 e. The molecule has 1 aromatic carbocycles. The topological polar surface area (TPSA) is 58.2 Å². The van der Waals surface area contributed by atoms with Gasteiger partial charge in [-0.25, -0.2) is 13.1 Å². The fourth-order valence-corrected chi connectivity index (χ4v) is 2.88. The first-order chi connectivity index (χ1) is 8.13. The number of anilines is 1. The zero-order chi connectivity index (χ0) is 12.3. The number of para-hydroxylation sites is 1. The maximum Gasteiger partial charge on any atom is 0.242 e. The molecule has 0 atom stereocenters. The van der Waals surface area contributed by atoms with Gasteiger partial charge in [0.15, 0.2) is 0 Å². The van der Waals surface area contributed by atoms with Gasteiger partial charge in [-0.1, -0.05) is 19.1 Å². The maximum atomic E-state index is 12.1. The van der Waals surface area contributed by atoms with Crippen LogP contribution in [0.2, 0.25) is 0 Å². The zero-order valence-electron chi connectivity index (χ0n) is 9.94. The van der Waals surface area contributed by atoms with E-state index in [2.05, 4.69) is 10.0 Å². The highest BCUT2D eigenvalue weighted by molar-refractivity contribution is 7.89. The number of hydrogen-bond acceptors (Lipinski definition) is 3. The summed E-state index contributed by atoms with van der Waals surface area (Å²) in [6, 6.07) is 7.50. The van der Waals surface area contributed by atoms with E-state index in [1.807, 2.05) is 19.1 Å². The van der Waals surface area contributed by atoms with Crippen molar-refractivity contribution in [1.82, 2.24) is 4.72 Å². The van der Waals surface area contributed by atoms with Crippen LogP contribution in [0.3, 0.4) is 0 Å². The second kappa shape index (κ2) is 5.06. The van der Waals surface area contributed by atoms with Gasteiger partial charge >= 0.3 is 0 Å². The standard InChI is InChI=1S/C12H18N2O2S/c1-2-9-13-17(15,16)12-6-4-3-5-11(12)14-10-7-8-10/h3-6,10,13-14H,2,7-9H2,1H3. The Balaban J connectivity index is 2.23. The molecule has 1 aromatic rings. The predicted molar refractivity (Wildman–Crippen MR) is 68.6 cm³/mol. The van der Waals surface area contributed by atoms with Gasteiger partial charge in [0.25, 0.3) is 0 Å². The summed E-state index contributed by atoms with van der Waals surface area (Å²) < 4.78 is 26.7. The van der Waals surface area contributed by atoms with Crippen LogP contribution in [0.25, 0.3) is 0 Å². The monoisotopic (exact) mass is 254 g/mol. The van der Waals surface area contributed by atoms with Crippen LogP contribution >= 0.6 is 0 Å². The number of rotatable bonds is 6. The lowest BCUT2D eigenvalue weighted by Gasteiger charge is -2.12. The van der Waals surface area contributed by atoms with E-state index in [0.717, 1.165) is 19.3 Å². The molecule has 1 aliphatic carbocycles. The largest absolute Gasteiger partial charge is 0.381 e. The molecule has 0 aromatic heterocycles. The second-order valence-corrected chi connectivity index (χ2v) is 6.05. The molecule has 17 heavy (non-hydrogen) atoms. The Bertz CT molecular complexity index is 481. The van der Waals surface area contributed by atoms with Gasteiger partial charge in [0, 0.05) is 12.6 Å². The molecule has 0 saturated heterocycles. The molecular weight excluding hydrogens is 236 g/mol. The van der Waals surface area contributed by atoms with E-state index in [-0.39, 0.29) is 0 Å². The number of hydrogen-bond donors (Lipinski definition) is 2. The Morgan fingerprint density at radius 1 is 1.29 bits per heavy atom. The Morgan fingerprint density at radius 2 is 2.00 bits per heavy atom. The van der Waals surface area contributed by atoms with Gasteiger partial charge in [-0.15, -0.1) is 0 Å². The molecule has 94 valence electrons. The lowest BCUT2D eigenvalue weighted by Crippen LogP contribution is -2.25. The van der Waals surface area contributed by atoms with Crippen LogP contribution in [0.4, 0.5) is 5.69 Å². The summed E-state index contributed by atoms with van der Waals surface area (Å²) in [6.45, 7) is 2.41. The summed E-state index contributed by atoms with van der Waals surface area (Å²) in [5, 5.41) is 3.25. The number of benzene rings is 1. The summed E-state index contributed by atoms with van der Waals surface area (Å²) in [5.41, 5.74) is 0.707. The minimum absolute atomic E-state index is 0.348. The van der Waals surface area contributed by atoms with Gasteiger partial charge < -0.3 is 5.32 Å². The molecular formula is C12H18N2O2S. The predicted octanol–water partition coefficient (Wildman–Crippen LogP) is 1.95. The molecule has 4 nitrogen and oxygen atoms in total. The first-order valence-corrected chi connectivity index (χ1v) is 7.47. The van der Waals surface area contributed by atoms with Gasteiger partial charge in [0.2, 0.25) is 10.0 Å². The van der Waals surface area contributed by atoms with Crippen LogP contribution in [0, 0.1) is 0 Å². The van der Waals surface area contributed by atoms with Crippen molar-refractivity contribution in [2.24, 2.45) is 0 Å². The summed E-state index contributed by atoms with van der Waals surface area (Å²) in [6.07, 6.45) is 3.03. The Kier molecular flexibility index (Phi) is 3.69. The lowest BCUT2D eigenvalue weighted by molar-refractivity contribution is 0.581. The van der Waals surface area contributed by atoms with Crippen LogP contribution in [-0.2, 0) is 10.0 Å². The molecule has 2 rings (SSSR count). The van der Waals surface area contributed by atoms with E-state index >= 15 is 0 Å². The quantitative estimate of drug-likeness (QED) is 0.815. The van der Waals surface area contributed by atoms with Crippen LogP contribution in [-0.4, -0.2) is 21.0 Å². The van der Waals surface area contributed by atoms with Crippen LogP contribution in [0.1, 0.15) is 26.2 Å². The third-order valence-electron chi connectivity index (χ3n) is 2.66. The highest BCUT2D eigenvalue weighted by Crippen LogP contribution is 2.28. The van der Waals surface area contributed by atoms with E-state index in [0.29, 0.717) is 23.2 Å². The molecule has 0 bridgehead atoms. The van der Waals surface area contributed by atoms with Crippen LogP contribution < -0.4 is 10.0 Å². The molecule has 0 unspecified atom stereocenters. The molecule has 1 fully saturated rings. The molecule has 0 radical (unpaired) electrons. The summed E-state index contributed by atoms with van der Waals surface area (Å²) >= 11 is 0. The Hall–Kier alpha value is -1.07. The van der Waals surface area contributed by atoms with Gasteiger partial charge in [-0.05, 0) is 31.4 Å². The fourth-order valence-electron chi connectivity index (χ4n) is 1.58. The van der Waals surface area contributed by atoms with E-state index < -0.39 is 10.0 Å². The van der Waals surface area contributed by atoms with Crippen molar-refractivity contribution in [2.45, 2.75) is 37.1 Å². The highest BCUT2D eigenvalue weighted by Gasteiger charge is 2.24. The smallest absolute Gasteiger partial charge is 0.242 e. The average molecular weight is 254 g/mol.